The van der Waals surface area contributed by atoms with Gasteiger partial charge in [0.2, 0.25) is 15.8 Å². The van der Waals surface area contributed by atoms with E-state index in [1.54, 1.807) is 6.07 Å². The molecule has 5 aromatic rings. The first-order valence-electron chi connectivity index (χ1n) is 9.53. The topological polar surface area (TPSA) is 117 Å². The molecule has 5 rings (SSSR count). The van der Waals surface area contributed by atoms with Crippen LogP contribution in [0.1, 0.15) is 5.56 Å². The average molecular weight is 510 g/mol. The number of para-hydroxylation sites is 2. The predicted octanol–water partition coefficient (Wildman–Crippen LogP) is 4.21. The Hall–Kier alpha value is -3.34. The maximum Gasteiger partial charge on any atom is 0.258 e. The molecule has 8 nitrogen and oxygen atoms in total. The number of hydrogen-bond donors (Lipinski definition) is 1. The summed E-state index contributed by atoms with van der Waals surface area (Å²) in [6.07, 6.45) is 1.82. The summed E-state index contributed by atoms with van der Waals surface area (Å²) < 4.78 is 31.5. The van der Waals surface area contributed by atoms with Gasteiger partial charge in [-0.25, -0.2) is 18.5 Å². The van der Waals surface area contributed by atoms with E-state index in [0.29, 0.717) is 22.4 Å². The van der Waals surface area contributed by atoms with Crippen molar-refractivity contribution < 1.29 is 12.9 Å². The van der Waals surface area contributed by atoms with Gasteiger partial charge < -0.3 is 9.09 Å². The molecule has 0 radical (unpaired) electrons. The normalized spacial score (nSPS) is 11.8. The lowest BCUT2D eigenvalue weighted by molar-refractivity contribution is 0.432. The molecule has 2 aromatic heterocycles. The van der Waals surface area contributed by atoms with Crippen molar-refractivity contribution in [1.29, 1.82) is 0 Å². The van der Waals surface area contributed by atoms with Gasteiger partial charge in [0.25, 0.3) is 5.89 Å². The van der Waals surface area contributed by atoms with Gasteiger partial charge in [-0.1, -0.05) is 51.4 Å². The van der Waals surface area contributed by atoms with E-state index in [1.165, 1.54) is 12.1 Å². The number of imidazole rings is 1. The number of hydrogen-bond acceptors (Lipinski definition) is 6. The van der Waals surface area contributed by atoms with Gasteiger partial charge in [-0.15, -0.1) is 0 Å². The molecule has 0 atom stereocenters. The average Bonchev–Trinajstić information content (AvgIpc) is 3.41. The minimum Gasteiger partial charge on any atom is -0.334 e. The zero-order valence-electron chi connectivity index (χ0n) is 16.5. The molecule has 0 amide bonds. The number of nitrogens with zero attached hydrogens (tertiary/aromatic N) is 4. The van der Waals surface area contributed by atoms with Crippen LogP contribution in [-0.4, -0.2) is 28.1 Å². The van der Waals surface area contributed by atoms with Crippen molar-refractivity contribution in [2.24, 2.45) is 5.14 Å². The molecule has 0 aliphatic rings. The number of rotatable bonds is 5. The van der Waals surface area contributed by atoms with E-state index in [0.717, 1.165) is 22.2 Å². The Labute approximate surface area is 191 Å². The van der Waals surface area contributed by atoms with E-state index < -0.39 is 10.0 Å². The van der Waals surface area contributed by atoms with Crippen LogP contribution in [0.2, 0.25) is 0 Å². The smallest absolute Gasteiger partial charge is 0.258 e. The van der Waals surface area contributed by atoms with Gasteiger partial charge in [-0.2, -0.15) is 4.98 Å². The molecule has 0 spiro atoms. The summed E-state index contributed by atoms with van der Waals surface area (Å²) in [4.78, 5) is 8.84. The summed E-state index contributed by atoms with van der Waals surface area (Å²) in [7, 11) is -3.87. The maximum absolute atomic E-state index is 11.7. The highest BCUT2D eigenvalue weighted by atomic mass is 79.9. The Morgan fingerprint density at radius 2 is 1.84 bits per heavy atom. The van der Waals surface area contributed by atoms with E-state index >= 15 is 0 Å². The predicted molar refractivity (Wildman–Crippen MR) is 123 cm³/mol. The lowest BCUT2D eigenvalue weighted by Gasteiger charge is -2.06. The van der Waals surface area contributed by atoms with Crippen molar-refractivity contribution in [3.8, 4) is 22.8 Å². The van der Waals surface area contributed by atoms with Crippen LogP contribution in [0.5, 0.6) is 0 Å². The number of sulfonamides is 1. The van der Waals surface area contributed by atoms with Crippen LogP contribution in [-0.2, 0) is 16.6 Å². The molecule has 0 bridgehead atoms. The van der Waals surface area contributed by atoms with E-state index in [1.807, 2.05) is 54.9 Å². The zero-order chi connectivity index (χ0) is 22.3. The van der Waals surface area contributed by atoms with E-state index in [4.69, 9.17) is 9.66 Å². The van der Waals surface area contributed by atoms with E-state index in [2.05, 4.69) is 35.6 Å². The third-order valence-corrected chi connectivity index (χ3v) is 6.29. The van der Waals surface area contributed by atoms with Gasteiger partial charge in [-0.05, 0) is 42.0 Å². The summed E-state index contributed by atoms with van der Waals surface area (Å²) >= 11 is 3.29. The summed E-state index contributed by atoms with van der Waals surface area (Å²) in [6, 6.07) is 20.3. The quantitative estimate of drug-likeness (QED) is 0.379. The van der Waals surface area contributed by atoms with Gasteiger partial charge in [-0.3, -0.25) is 0 Å². The third kappa shape index (κ3) is 4.07. The Kier molecular flexibility index (Phi) is 5.12. The molecule has 32 heavy (non-hydrogen) atoms. The Bertz CT molecular complexity index is 1560. The molecular formula is C22H16BrN5O3S. The third-order valence-electron chi connectivity index (χ3n) is 4.94. The molecule has 2 N–H and O–H groups in total. The van der Waals surface area contributed by atoms with Crippen LogP contribution in [0.3, 0.4) is 0 Å². The summed E-state index contributed by atoms with van der Waals surface area (Å²) in [5.41, 5.74) is 4.28. The first-order valence-corrected chi connectivity index (χ1v) is 11.9. The van der Waals surface area contributed by atoms with Crippen LogP contribution in [0, 0.1) is 0 Å². The lowest BCUT2D eigenvalue weighted by atomic mass is 10.1. The van der Waals surface area contributed by atoms with E-state index in [-0.39, 0.29) is 10.8 Å². The van der Waals surface area contributed by atoms with Gasteiger partial charge >= 0.3 is 0 Å². The van der Waals surface area contributed by atoms with Crippen molar-refractivity contribution in [2.45, 2.75) is 11.4 Å². The van der Waals surface area contributed by atoms with Crippen LogP contribution >= 0.6 is 15.9 Å². The summed E-state index contributed by atoms with van der Waals surface area (Å²) in [6.45, 7) is 0.641. The monoisotopic (exact) mass is 509 g/mol. The number of primary sulfonamides is 1. The maximum atomic E-state index is 11.7. The highest BCUT2D eigenvalue weighted by Crippen LogP contribution is 2.28. The number of fused-ring (bicyclic) bond motifs is 1. The SMILES string of the molecule is NS(=O)(=O)c1cc(Br)cc(-c2nc(-c3cccc(Cn4cnc5ccccc54)c3)no2)c1. The summed E-state index contributed by atoms with van der Waals surface area (Å²) in [5.74, 6) is 0.590. The highest BCUT2D eigenvalue weighted by Gasteiger charge is 2.16. The molecule has 3 aromatic carbocycles. The fraction of sp³-hybridized carbons (Fsp3) is 0.0455. The molecule has 0 unspecified atom stereocenters. The van der Waals surface area contributed by atoms with Crippen LogP contribution in [0.25, 0.3) is 33.9 Å². The van der Waals surface area contributed by atoms with Crippen molar-refractivity contribution in [3.63, 3.8) is 0 Å². The fourth-order valence-electron chi connectivity index (χ4n) is 3.45. The second kappa shape index (κ2) is 7.97. The Balaban J connectivity index is 1.46. The second-order valence-corrected chi connectivity index (χ2v) is 9.68. The van der Waals surface area contributed by atoms with Crippen LogP contribution in [0.4, 0.5) is 0 Å². The fourth-order valence-corrected chi connectivity index (χ4v) is 4.68. The Morgan fingerprint density at radius 3 is 2.69 bits per heavy atom. The van der Waals surface area contributed by atoms with Gasteiger partial charge in [0.05, 0.1) is 22.3 Å². The molecule has 0 aliphatic carbocycles. The summed E-state index contributed by atoms with van der Waals surface area (Å²) in [5, 5.41) is 9.33. The molecule has 0 fully saturated rings. The van der Waals surface area contributed by atoms with Crippen LogP contribution < -0.4 is 5.14 Å². The Morgan fingerprint density at radius 1 is 1.00 bits per heavy atom. The van der Waals surface area contributed by atoms with Crippen molar-refractivity contribution in [1.82, 2.24) is 19.7 Å². The molecule has 160 valence electrons. The van der Waals surface area contributed by atoms with Gasteiger partial charge in [0, 0.05) is 22.1 Å². The molecule has 2 heterocycles. The molecule has 0 aliphatic heterocycles. The first kappa shape index (κ1) is 20.6. The zero-order valence-corrected chi connectivity index (χ0v) is 18.9. The number of aromatic nitrogens is 4. The number of halogens is 1. The van der Waals surface area contributed by atoms with Crippen molar-refractivity contribution in [2.75, 3.05) is 0 Å². The molecule has 0 saturated carbocycles. The minimum atomic E-state index is -3.87. The van der Waals surface area contributed by atoms with E-state index in [9.17, 15) is 8.42 Å². The minimum absolute atomic E-state index is 0.0452. The van der Waals surface area contributed by atoms with Gasteiger partial charge in [0.1, 0.15) is 0 Å². The standard InChI is InChI=1S/C22H16BrN5O3S/c23-17-9-16(10-18(11-17)32(24,29)30)22-26-21(27-31-22)15-5-3-4-14(8-15)12-28-13-25-19-6-1-2-7-20(19)28/h1-11,13H,12H2,(H2,24,29,30). The van der Waals surface area contributed by atoms with Crippen LogP contribution in [0.15, 0.2) is 86.9 Å². The van der Waals surface area contributed by atoms with Crippen molar-refractivity contribution >= 4 is 37.0 Å². The molecule has 10 heteroatoms. The first-order chi connectivity index (χ1) is 15.4. The highest BCUT2D eigenvalue weighted by molar-refractivity contribution is 9.10. The molecule has 0 saturated heterocycles. The van der Waals surface area contributed by atoms with Gasteiger partial charge in [0.15, 0.2) is 0 Å². The van der Waals surface area contributed by atoms with Crippen molar-refractivity contribution in [3.05, 3.63) is 83.1 Å². The lowest BCUT2D eigenvalue weighted by Crippen LogP contribution is -2.12. The number of benzene rings is 3. The molecular weight excluding hydrogens is 494 g/mol. The number of nitrogens with two attached hydrogens (primary N) is 1. The largest absolute Gasteiger partial charge is 0.334 e. The second-order valence-electron chi connectivity index (χ2n) is 7.21.